The first-order chi connectivity index (χ1) is 14.4. The van der Waals surface area contributed by atoms with Crippen LogP contribution in [-0.2, 0) is 10.9 Å². The first kappa shape index (κ1) is 21.9. The fourth-order valence-corrected chi connectivity index (χ4v) is 3.09. The van der Waals surface area contributed by atoms with Crippen LogP contribution in [0.25, 0.3) is 0 Å². The van der Waals surface area contributed by atoms with Crippen LogP contribution in [0.4, 0.5) is 29.3 Å². The highest BCUT2D eigenvalue weighted by Crippen LogP contribution is 2.34. The van der Waals surface area contributed by atoms with Crippen LogP contribution >= 0.6 is 0 Å². The number of ether oxygens (including phenoxy) is 2. The second-order valence-electron chi connectivity index (χ2n) is 6.81. The van der Waals surface area contributed by atoms with E-state index in [4.69, 9.17) is 9.47 Å². The van der Waals surface area contributed by atoms with Gasteiger partial charge in [0, 0.05) is 31.4 Å². The van der Waals surface area contributed by atoms with Crippen molar-refractivity contribution in [3.63, 3.8) is 0 Å². The topological polar surface area (TPSA) is 62.8 Å². The number of nitrogens with one attached hydrogen (secondary N) is 2. The van der Waals surface area contributed by atoms with Crippen LogP contribution < -0.4 is 15.4 Å². The number of amides is 2. The molecule has 1 heterocycles. The van der Waals surface area contributed by atoms with E-state index in [0.717, 1.165) is 45.3 Å². The van der Waals surface area contributed by atoms with Gasteiger partial charge in [0.1, 0.15) is 5.75 Å². The average molecular weight is 423 g/mol. The Morgan fingerprint density at radius 2 is 1.83 bits per heavy atom. The third-order valence-corrected chi connectivity index (χ3v) is 4.56. The number of halogens is 3. The normalized spacial score (nSPS) is 14.9. The van der Waals surface area contributed by atoms with Gasteiger partial charge in [-0.05, 0) is 30.7 Å². The van der Waals surface area contributed by atoms with Crippen LogP contribution in [0.3, 0.4) is 0 Å². The van der Waals surface area contributed by atoms with E-state index in [0.29, 0.717) is 18.0 Å². The van der Waals surface area contributed by atoms with Gasteiger partial charge in [0.25, 0.3) is 0 Å². The molecule has 30 heavy (non-hydrogen) atoms. The van der Waals surface area contributed by atoms with Crippen molar-refractivity contribution in [2.24, 2.45) is 0 Å². The van der Waals surface area contributed by atoms with Gasteiger partial charge in [0.15, 0.2) is 0 Å². The summed E-state index contributed by atoms with van der Waals surface area (Å²) < 4.78 is 50.2. The summed E-state index contributed by atoms with van der Waals surface area (Å²) in [5.74, 6) is 0.575. The number of carbonyl (C=O) groups is 1. The zero-order valence-electron chi connectivity index (χ0n) is 16.4. The molecule has 0 saturated carbocycles. The van der Waals surface area contributed by atoms with Gasteiger partial charge >= 0.3 is 12.2 Å². The Hall–Kier alpha value is -2.78. The summed E-state index contributed by atoms with van der Waals surface area (Å²) in [6, 6.07) is 10.8. The number of anilines is 2. The number of carbonyl (C=O) groups excluding carboxylic acids is 1. The standard InChI is InChI=1S/C21H24F3N3O3/c22-21(23,24)18-7-1-2-8-19(18)26-20(28)25-16-5-3-6-17(15-16)30-12-4-9-27-10-13-29-14-11-27/h1-3,5-8,15H,4,9-14H2,(H2,25,26,28). The predicted octanol–water partition coefficient (Wildman–Crippen LogP) is 4.45. The maximum Gasteiger partial charge on any atom is 0.418 e. The van der Waals surface area contributed by atoms with Crippen LogP contribution in [-0.4, -0.2) is 50.4 Å². The van der Waals surface area contributed by atoms with E-state index in [1.54, 1.807) is 24.3 Å². The summed E-state index contributed by atoms with van der Waals surface area (Å²) in [6.07, 6.45) is -3.70. The van der Waals surface area contributed by atoms with Crippen LogP contribution in [0.1, 0.15) is 12.0 Å². The summed E-state index contributed by atoms with van der Waals surface area (Å²) in [6.45, 7) is 4.79. The minimum atomic E-state index is -4.56. The minimum Gasteiger partial charge on any atom is -0.493 e. The molecular weight excluding hydrogens is 399 g/mol. The fraction of sp³-hybridized carbons (Fsp3) is 0.381. The lowest BCUT2D eigenvalue weighted by Crippen LogP contribution is -2.37. The van der Waals surface area contributed by atoms with E-state index in [9.17, 15) is 18.0 Å². The first-order valence-corrected chi connectivity index (χ1v) is 9.69. The van der Waals surface area contributed by atoms with Crippen LogP contribution in [0.5, 0.6) is 5.75 Å². The number of hydrogen-bond acceptors (Lipinski definition) is 4. The number of alkyl halides is 3. The zero-order chi connectivity index (χ0) is 21.4. The Morgan fingerprint density at radius 1 is 1.07 bits per heavy atom. The van der Waals surface area contributed by atoms with E-state index >= 15 is 0 Å². The molecule has 0 aromatic heterocycles. The van der Waals surface area contributed by atoms with Crippen LogP contribution in [0.2, 0.25) is 0 Å². The summed E-state index contributed by atoms with van der Waals surface area (Å²) in [4.78, 5) is 14.5. The molecule has 3 rings (SSSR count). The quantitative estimate of drug-likeness (QED) is 0.646. The van der Waals surface area contributed by atoms with Gasteiger partial charge in [-0.1, -0.05) is 18.2 Å². The lowest BCUT2D eigenvalue weighted by atomic mass is 10.1. The summed E-state index contributed by atoms with van der Waals surface area (Å²) in [5, 5.41) is 4.78. The van der Waals surface area contributed by atoms with Gasteiger partial charge in [-0.3, -0.25) is 4.90 Å². The number of morpholine rings is 1. The van der Waals surface area contributed by atoms with E-state index in [1.165, 1.54) is 18.2 Å². The SMILES string of the molecule is O=C(Nc1cccc(OCCCN2CCOCC2)c1)Nc1ccccc1C(F)(F)F. The number of hydrogen-bond donors (Lipinski definition) is 2. The first-order valence-electron chi connectivity index (χ1n) is 9.69. The zero-order valence-corrected chi connectivity index (χ0v) is 16.4. The molecular formula is C21H24F3N3O3. The van der Waals surface area contributed by atoms with Crippen molar-refractivity contribution in [2.45, 2.75) is 12.6 Å². The molecule has 2 N–H and O–H groups in total. The largest absolute Gasteiger partial charge is 0.493 e. The second kappa shape index (κ2) is 10.3. The maximum absolute atomic E-state index is 13.0. The molecule has 0 aliphatic carbocycles. The third-order valence-electron chi connectivity index (χ3n) is 4.56. The van der Waals surface area contributed by atoms with Crippen molar-refractivity contribution < 1.29 is 27.4 Å². The van der Waals surface area contributed by atoms with Crippen LogP contribution in [0.15, 0.2) is 48.5 Å². The van der Waals surface area contributed by atoms with Gasteiger partial charge in [0.2, 0.25) is 0 Å². The molecule has 0 atom stereocenters. The molecule has 1 saturated heterocycles. The molecule has 0 radical (unpaired) electrons. The van der Waals surface area contributed by atoms with Crippen molar-refractivity contribution in [2.75, 3.05) is 50.1 Å². The molecule has 2 amide bonds. The van der Waals surface area contributed by atoms with E-state index in [1.807, 2.05) is 0 Å². The number of rotatable bonds is 7. The third kappa shape index (κ3) is 6.64. The van der Waals surface area contributed by atoms with Crippen molar-refractivity contribution in [3.05, 3.63) is 54.1 Å². The Labute approximate surface area is 173 Å². The number of urea groups is 1. The van der Waals surface area contributed by atoms with E-state index < -0.39 is 17.8 Å². The van der Waals surface area contributed by atoms with Gasteiger partial charge < -0.3 is 20.1 Å². The van der Waals surface area contributed by atoms with Gasteiger partial charge in [-0.25, -0.2) is 4.79 Å². The van der Waals surface area contributed by atoms with Crippen molar-refractivity contribution >= 4 is 17.4 Å². The Morgan fingerprint density at radius 3 is 2.60 bits per heavy atom. The smallest absolute Gasteiger partial charge is 0.418 e. The van der Waals surface area contributed by atoms with Crippen LogP contribution in [0, 0.1) is 0 Å². The van der Waals surface area contributed by atoms with Crippen molar-refractivity contribution in [1.82, 2.24) is 4.90 Å². The molecule has 2 aromatic rings. The summed E-state index contributed by atoms with van der Waals surface area (Å²) >= 11 is 0. The molecule has 1 aliphatic rings. The Balaban J connectivity index is 1.49. The van der Waals surface area contributed by atoms with Gasteiger partial charge in [-0.15, -0.1) is 0 Å². The molecule has 0 bridgehead atoms. The number of nitrogens with zero attached hydrogens (tertiary/aromatic N) is 1. The van der Waals surface area contributed by atoms with E-state index in [-0.39, 0.29) is 5.69 Å². The van der Waals surface area contributed by atoms with Crippen molar-refractivity contribution in [3.8, 4) is 5.75 Å². The fourth-order valence-electron chi connectivity index (χ4n) is 3.09. The van der Waals surface area contributed by atoms with E-state index in [2.05, 4.69) is 15.5 Å². The highest BCUT2D eigenvalue weighted by molar-refractivity contribution is 6.00. The van der Waals surface area contributed by atoms with Crippen molar-refractivity contribution in [1.29, 1.82) is 0 Å². The lowest BCUT2D eigenvalue weighted by molar-refractivity contribution is -0.136. The number of para-hydroxylation sites is 1. The molecule has 6 nitrogen and oxygen atoms in total. The highest BCUT2D eigenvalue weighted by atomic mass is 19.4. The molecule has 2 aromatic carbocycles. The Bertz CT molecular complexity index is 839. The lowest BCUT2D eigenvalue weighted by Gasteiger charge is -2.26. The highest BCUT2D eigenvalue weighted by Gasteiger charge is 2.33. The monoisotopic (exact) mass is 423 g/mol. The summed E-state index contributed by atoms with van der Waals surface area (Å²) in [7, 11) is 0. The average Bonchev–Trinajstić information content (AvgIpc) is 2.72. The van der Waals surface area contributed by atoms with Gasteiger partial charge in [0.05, 0.1) is 31.1 Å². The number of benzene rings is 2. The predicted molar refractivity (Wildman–Crippen MR) is 108 cm³/mol. The Kier molecular flexibility index (Phi) is 7.53. The molecule has 0 spiro atoms. The second-order valence-corrected chi connectivity index (χ2v) is 6.81. The molecule has 9 heteroatoms. The van der Waals surface area contributed by atoms with Gasteiger partial charge in [-0.2, -0.15) is 13.2 Å². The molecule has 0 unspecified atom stereocenters. The molecule has 1 fully saturated rings. The maximum atomic E-state index is 13.0. The molecule has 162 valence electrons. The molecule has 1 aliphatic heterocycles. The minimum absolute atomic E-state index is 0.307. The summed E-state index contributed by atoms with van der Waals surface area (Å²) in [5.41, 5.74) is -0.793.